The number of amides is 1. The van der Waals surface area contributed by atoms with Gasteiger partial charge in [-0.3, -0.25) is 0 Å². The van der Waals surface area contributed by atoms with Crippen LogP contribution in [0.25, 0.3) is 0 Å². The number of ether oxygens (including phenoxy) is 1. The number of hydrogen-bond donors (Lipinski definition) is 2. The summed E-state index contributed by atoms with van der Waals surface area (Å²) in [5.74, 6) is 0. The lowest BCUT2D eigenvalue weighted by atomic mass is 10.2. The fraction of sp³-hybridized carbons (Fsp3) is 0.200. The zero-order chi connectivity index (χ0) is 10.9. The predicted molar refractivity (Wildman–Crippen MR) is 54.9 cm³/mol. The Morgan fingerprint density at radius 2 is 2.20 bits per heavy atom. The van der Waals surface area contributed by atoms with Crippen molar-refractivity contribution >= 4 is 12.3 Å². The van der Waals surface area contributed by atoms with Gasteiger partial charge in [0.2, 0.25) is 0 Å². The third-order valence-corrected chi connectivity index (χ3v) is 1.63. The molecular weight excluding hydrogens is 196 g/mol. The number of nitrogens with one attached hydrogen (secondary N) is 1. The SMILES string of the molecule is O=C(NCC=NO)OCc1ccccc1. The van der Waals surface area contributed by atoms with E-state index in [9.17, 15) is 4.79 Å². The van der Waals surface area contributed by atoms with Crippen LogP contribution in [0.5, 0.6) is 0 Å². The Kier molecular flexibility index (Phi) is 4.72. The van der Waals surface area contributed by atoms with Crippen LogP contribution < -0.4 is 5.32 Å². The minimum absolute atomic E-state index is 0.143. The van der Waals surface area contributed by atoms with Crippen molar-refractivity contribution in [2.24, 2.45) is 5.16 Å². The third kappa shape index (κ3) is 4.66. The van der Waals surface area contributed by atoms with Crippen molar-refractivity contribution in [3.8, 4) is 0 Å². The fourth-order valence-corrected chi connectivity index (χ4v) is 0.944. The summed E-state index contributed by atoms with van der Waals surface area (Å²) >= 11 is 0. The highest BCUT2D eigenvalue weighted by molar-refractivity contribution is 5.72. The Bertz CT molecular complexity index is 325. The predicted octanol–water partition coefficient (Wildman–Crippen LogP) is 1.37. The second-order valence-electron chi connectivity index (χ2n) is 2.74. The average Bonchev–Trinajstić information content (AvgIpc) is 2.28. The molecule has 1 rings (SSSR count). The number of rotatable bonds is 4. The van der Waals surface area contributed by atoms with Crippen LogP contribution in [0.2, 0.25) is 0 Å². The van der Waals surface area contributed by atoms with Crippen molar-refractivity contribution in [2.45, 2.75) is 6.61 Å². The zero-order valence-corrected chi connectivity index (χ0v) is 8.09. The number of alkyl carbamates (subject to hydrolysis) is 1. The van der Waals surface area contributed by atoms with Crippen molar-refractivity contribution in [1.82, 2.24) is 5.32 Å². The molecule has 1 aromatic carbocycles. The standard InChI is InChI=1S/C10H12N2O3/c13-10(11-6-7-12-14)15-8-9-4-2-1-3-5-9/h1-5,7,14H,6,8H2,(H,11,13). The summed E-state index contributed by atoms with van der Waals surface area (Å²) < 4.78 is 4.88. The molecule has 5 heteroatoms. The van der Waals surface area contributed by atoms with Gasteiger partial charge in [0.1, 0.15) is 6.61 Å². The summed E-state index contributed by atoms with van der Waals surface area (Å²) in [6.45, 7) is 0.368. The molecule has 0 spiro atoms. The molecule has 0 saturated heterocycles. The van der Waals surface area contributed by atoms with Gasteiger partial charge in [0.15, 0.2) is 0 Å². The molecule has 2 N–H and O–H groups in total. The van der Waals surface area contributed by atoms with Crippen LogP contribution >= 0.6 is 0 Å². The molecule has 1 amide bonds. The summed E-state index contributed by atoms with van der Waals surface area (Å²) in [4.78, 5) is 11.0. The summed E-state index contributed by atoms with van der Waals surface area (Å²) in [5.41, 5.74) is 0.920. The van der Waals surface area contributed by atoms with E-state index in [2.05, 4.69) is 10.5 Å². The molecule has 0 aliphatic carbocycles. The van der Waals surface area contributed by atoms with E-state index in [4.69, 9.17) is 9.94 Å². The van der Waals surface area contributed by atoms with Crippen molar-refractivity contribution in [2.75, 3.05) is 6.54 Å². The number of carbonyl (C=O) groups is 1. The van der Waals surface area contributed by atoms with Crippen molar-refractivity contribution in [1.29, 1.82) is 0 Å². The number of oxime groups is 1. The Labute approximate surface area is 87.4 Å². The smallest absolute Gasteiger partial charge is 0.407 e. The van der Waals surface area contributed by atoms with Crippen LogP contribution in [-0.2, 0) is 11.3 Å². The Morgan fingerprint density at radius 1 is 1.47 bits per heavy atom. The maximum absolute atomic E-state index is 11.0. The first-order valence-corrected chi connectivity index (χ1v) is 4.43. The molecule has 5 nitrogen and oxygen atoms in total. The van der Waals surface area contributed by atoms with Gasteiger partial charge in [0.05, 0.1) is 12.8 Å². The molecule has 0 radical (unpaired) electrons. The molecule has 0 fully saturated rings. The lowest BCUT2D eigenvalue weighted by Crippen LogP contribution is -2.25. The van der Waals surface area contributed by atoms with Crippen LogP contribution in [0.1, 0.15) is 5.56 Å². The molecule has 0 unspecified atom stereocenters. The normalized spacial score (nSPS) is 10.1. The molecule has 0 saturated carbocycles. The van der Waals surface area contributed by atoms with Gasteiger partial charge in [-0.1, -0.05) is 30.3 Å². The molecule has 0 atom stereocenters. The summed E-state index contributed by atoms with van der Waals surface area (Å²) in [7, 11) is 0. The van der Waals surface area contributed by atoms with E-state index in [0.29, 0.717) is 0 Å². The largest absolute Gasteiger partial charge is 0.445 e. The van der Waals surface area contributed by atoms with Gasteiger partial charge < -0.3 is 15.3 Å². The minimum Gasteiger partial charge on any atom is -0.445 e. The number of carbonyl (C=O) groups excluding carboxylic acids is 1. The first-order valence-electron chi connectivity index (χ1n) is 4.43. The molecule has 1 aromatic rings. The molecular formula is C10H12N2O3. The van der Waals surface area contributed by atoms with Crippen LogP contribution in [0.15, 0.2) is 35.5 Å². The van der Waals surface area contributed by atoms with Gasteiger partial charge >= 0.3 is 6.09 Å². The van der Waals surface area contributed by atoms with E-state index < -0.39 is 6.09 Å². The summed E-state index contributed by atoms with van der Waals surface area (Å²) in [6.07, 6.45) is 0.614. The quantitative estimate of drug-likeness (QED) is 0.446. The molecule has 15 heavy (non-hydrogen) atoms. The molecule has 0 aliphatic heterocycles. The lowest BCUT2D eigenvalue weighted by Gasteiger charge is -2.04. The maximum atomic E-state index is 11.0. The van der Waals surface area contributed by atoms with Gasteiger partial charge in [-0.15, -0.1) is 5.16 Å². The molecule has 0 aliphatic rings. The average molecular weight is 208 g/mol. The summed E-state index contributed by atoms with van der Waals surface area (Å²) in [5, 5.41) is 13.2. The number of benzene rings is 1. The van der Waals surface area contributed by atoms with Crippen LogP contribution in [0.4, 0.5) is 4.79 Å². The Balaban J connectivity index is 2.23. The van der Waals surface area contributed by atoms with E-state index in [-0.39, 0.29) is 13.2 Å². The minimum atomic E-state index is -0.543. The molecule has 80 valence electrons. The second-order valence-corrected chi connectivity index (χ2v) is 2.74. The summed E-state index contributed by atoms with van der Waals surface area (Å²) in [6, 6.07) is 9.36. The Morgan fingerprint density at radius 3 is 2.87 bits per heavy atom. The highest BCUT2D eigenvalue weighted by Gasteiger charge is 1.99. The van der Waals surface area contributed by atoms with Gasteiger partial charge in [0.25, 0.3) is 0 Å². The van der Waals surface area contributed by atoms with Crippen LogP contribution in [-0.4, -0.2) is 24.1 Å². The third-order valence-electron chi connectivity index (χ3n) is 1.63. The van der Waals surface area contributed by atoms with E-state index >= 15 is 0 Å². The lowest BCUT2D eigenvalue weighted by molar-refractivity contribution is 0.141. The van der Waals surface area contributed by atoms with Crippen molar-refractivity contribution < 1.29 is 14.7 Å². The first-order chi connectivity index (χ1) is 7.33. The number of hydrogen-bond acceptors (Lipinski definition) is 4. The molecule has 0 bridgehead atoms. The molecule has 0 aromatic heterocycles. The highest BCUT2D eigenvalue weighted by atomic mass is 16.5. The van der Waals surface area contributed by atoms with Gasteiger partial charge in [-0.2, -0.15) is 0 Å². The maximum Gasteiger partial charge on any atom is 0.407 e. The van der Waals surface area contributed by atoms with E-state index in [1.807, 2.05) is 30.3 Å². The highest BCUT2D eigenvalue weighted by Crippen LogP contribution is 1.99. The Hall–Kier alpha value is -2.04. The van der Waals surface area contributed by atoms with E-state index in [1.165, 1.54) is 0 Å². The fourth-order valence-electron chi connectivity index (χ4n) is 0.944. The zero-order valence-electron chi connectivity index (χ0n) is 8.09. The van der Waals surface area contributed by atoms with Gasteiger partial charge in [-0.25, -0.2) is 4.79 Å². The van der Waals surface area contributed by atoms with Crippen LogP contribution in [0.3, 0.4) is 0 Å². The molecule has 0 heterocycles. The van der Waals surface area contributed by atoms with E-state index in [1.54, 1.807) is 0 Å². The number of nitrogens with zero attached hydrogens (tertiary/aromatic N) is 1. The van der Waals surface area contributed by atoms with E-state index in [0.717, 1.165) is 11.8 Å². The van der Waals surface area contributed by atoms with Gasteiger partial charge in [0, 0.05) is 0 Å². The monoisotopic (exact) mass is 208 g/mol. The second kappa shape index (κ2) is 6.42. The first kappa shape index (κ1) is 11.0. The van der Waals surface area contributed by atoms with Gasteiger partial charge in [-0.05, 0) is 5.56 Å². The van der Waals surface area contributed by atoms with Crippen molar-refractivity contribution in [3.63, 3.8) is 0 Å². The topological polar surface area (TPSA) is 70.9 Å². The van der Waals surface area contributed by atoms with Crippen molar-refractivity contribution in [3.05, 3.63) is 35.9 Å². The van der Waals surface area contributed by atoms with Crippen LogP contribution in [0, 0.1) is 0 Å².